The largest absolute Gasteiger partial charge is 0.394 e. The second-order valence-electron chi connectivity index (χ2n) is 4.50. The molecule has 1 aromatic carbocycles. The molecule has 0 radical (unpaired) electrons. The average molecular weight is 285 g/mol. The Morgan fingerprint density at radius 1 is 1.63 bits per heavy atom. The molecule has 6 heteroatoms. The van der Waals surface area contributed by atoms with Gasteiger partial charge in [0.2, 0.25) is 0 Å². The van der Waals surface area contributed by atoms with Crippen LogP contribution in [-0.4, -0.2) is 48.4 Å². The minimum Gasteiger partial charge on any atom is -0.394 e. The number of anilines is 1. The Morgan fingerprint density at radius 2 is 2.42 bits per heavy atom. The van der Waals surface area contributed by atoms with E-state index in [1.807, 2.05) is 13.0 Å². The van der Waals surface area contributed by atoms with Crippen molar-refractivity contribution in [2.45, 2.75) is 13.0 Å². The second kappa shape index (κ2) is 6.23. The molecular weight excluding hydrogens is 268 g/mol. The number of hydrogen-bond acceptors (Lipinski definition) is 3. The highest BCUT2D eigenvalue weighted by molar-refractivity contribution is 6.31. The summed E-state index contributed by atoms with van der Waals surface area (Å²) in [5, 5.41) is 12.6. The predicted octanol–water partition coefficient (Wildman–Crippen LogP) is 1.87. The van der Waals surface area contributed by atoms with Crippen LogP contribution in [0.5, 0.6) is 0 Å². The van der Waals surface area contributed by atoms with E-state index in [0.717, 1.165) is 5.56 Å². The van der Waals surface area contributed by atoms with Crippen molar-refractivity contribution < 1.29 is 14.6 Å². The minimum absolute atomic E-state index is 0.109. The molecule has 19 heavy (non-hydrogen) atoms. The number of ether oxygens (including phenoxy) is 1. The Labute approximate surface area is 117 Å². The van der Waals surface area contributed by atoms with Gasteiger partial charge in [0.05, 0.1) is 25.9 Å². The van der Waals surface area contributed by atoms with Gasteiger partial charge in [-0.3, -0.25) is 0 Å². The van der Waals surface area contributed by atoms with Crippen molar-refractivity contribution in [2.24, 2.45) is 0 Å². The number of aryl methyl sites for hydroxylation is 1. The van der Waals surface area contributed by atoms with Gasteiger partial charge in [0.15, 0.2) is 0 Å². The van der Waals surface area contributed by atoms with Crippen LogP contribution in [0.3, 0.4) is 0 Å². The summed E-state index contributed by atoms with van der Waals surface area (Å²) in [7, 11) is 0. The van der Waals surface area contributed by atoms with Gasteiger partial charge in [0, 0.05) is 17.3 Å². The molecule has 1 aromatic rings. The number of carbonyl (C=O) groups is 1. The summed E-state index contributed by atoms with van der Waals surface area (Å²) in [4.78, 5) is 13.7. The number of carbonyl (C=O) groups excluding carboxylic acids is 1. The number of aliphatic hydroxyl groups excluding tert-OH is 1. The van der Waals surface area contributed by atoms with E-state index < -0.39 is 0 Å². The van der Waals surface area contributed by atoms with Gasteiger partial charge in [0.1, 0.15) is 0 Å². The summed E-state index contributed by atoms with van der Waals surface area (Å²) < 4.78 is 5.24. The molecule has 1 heterocycles. The third-order valence-electron chi connectivity index (χ3n) is 3.12. The second-order valence-corrected chi connectivity index (χ2v) is 4.91. The van der Waals surface area contributed by atoms with Crippen LogP contribution in [0.1, 0.15) is 5.56 Å². The number of rotatable bonds is 2. The molecule has 1 fully saturated rings. The van der Waals surface area contributed by atoms with Crippen LogP contribution in [0.15, 0.2) is 18.2 Å². The molecule has 1 atom stereocenters. The molecule has 0 spiro atoms. The fraction of sp³-hybridized carbons (Fsp3) is 0.462. The summed E-state index contributed by atoms with van der Waals surface area (Å²) in [5.41, 5.74) is 1.60. The Hall–Kier alpha value is -1.30. The predicted molar refractivity (Wildman–Crippen MR) is 73.6 cm³/mol. The summed E-state index contributed by atoms with van der Waals surface area (Å²) in [5.74, 6) is 0. The van der Waals surface area contributed by atoms with Gasteiger partial charge in [-0.1, -0.05) is 17.7 Å². The molecule has 0 bridgehead atoms. The summed E-state index contributed by atoms with van der Waals surface area (Å²) in [6, 6.07) is 4.81. The lowest BCUT2D eigenvalue weighted by atomic mass is 10.2. The monoisotopic (exact) mass is 284 g/mol. The van der Waals surface area contributed by atoms with Crippen LogP contribution in [0.2, 0.25) is 5.02 Å². The number of amides is 2. The Balaban J connectivity index is 2.05. The molecule has 1 unspecified atom stereocenters. The third-order valence-corrected chi connectivity index (χ3v) is 3.53. The maximum atomic E-state index is 12.1. The zero-order valence-electron chi connectivity index (χ0n) is 10.7. The molecule has 2 amide bonds. The van der Waals surface area contributed by atoms with Crippen LogP contribution in [0.25, 0.3) is 0 Å². The lowest BCUT2D eigenvalue weighted by molar-refractivity contribution is -0.00485. The first-order valence-electron chi connectivity index (χ1n) is 6.14. The number of morpholine rings is 1. The van der Waals surface area contributed by atoms with E-state index in [-0.39, 0.29) is 18.7 Å². The molecule has 1 saturated heterocycles. The first-order chi connectivity index (χ1) is 9.11. The molecule has 1 aliphatic heterocycles. The van der Waals surface area contributed by atoms with Crippen molar-refractivity contribution in [3.05, 3.63) is 28.8 Å². The highest BCUT2D eigenvalue weighted by Gasteiger charge is 2.26. The molecule has 0 aromatic heterocycles. The van der Waals surface area contributed by atoms with Crippen molar-refractivity contribution in [1.29, 1.82) is 0 Å². The van der Waals surface area contributed by atoms with E-state index in [4.69, 9.17) is 16.3 Å². The van der Waals surface area contributed by atoms with Gasteiger partial charge in [-0.15, -0.1) is 0 Å². The summed E-state index contributed by atoms with van der Waals surface area (Å²) in [6.07, 6.45) is 0. The number of hydrogen-bond donors (Lipinski definition) is 2. The van der Waals surface area contributed by atoms with Crippen LogP contribution in [0, 0.1) is 6.92 Å². The van der Waals surface area contributed by atoms with Crippen LogP contribution >= 0.6 is 11.6 Å². The maximum Gasteiger partial charge on any atom is 0.322 e. The molecule has 0 saturated carbocycles. The zero-order chi connectivity index (χ0) is 13.8. The van der Waals surface area contributed by atoms with Crippen molar-refractivity contribution in [3.63, 3.8) is 0 Å². The number of nitrogens with zero attached hydrogens (tertiary/aromatic N) is 1. The van der Waals surface area contributed by atoms with Gasteiger partial charge in [-0.2, -0.15) is 0 Å². The van der Waals surface area contributed by atoms with Crippen molar-refractivity contribution >= 4 is 23.3 Å². The summed E-state index contributed by atoms with van der Waals surface area (Å²) in [6.45, 7) is 3.10. The number of benzene rings is 1. The van der Waals surface area contributed by atoms with E-state index in [2.05, 4.69) is 5.32 Å². The van der Waals surface area contributed by atoms with Gasteiger partial charge >= 0.3 is 6.03 Å². The summed E-state index contributed by atoms with van der Waals surface area (Å²) >= 11 is 6.01. The molecular formula is C13H17ClN2O3. The van der Waals surface area contributed by atoms with E-state index in [9.17, 15) is 9.90 Å². The normalized spacial score (nSPS) is 19.3. The lowest BCUT2D eigenvalue weighted by Gasteiger charge is -2.34. The van der Waals surface area contributed by atoms with Crippen LogP contribution in [0.4, 0.5) is 10.5 Å². The minimum atomic E-state index is -0.297. The molecule has 5 nitrogen and oxygen atoms in total. The standard InChI is InChI=1S/C13H17ClN2O3/c1-9-2-3-10(6-12(9)14)15-13(18)16-4-5-19-8-11(16)7-17/h2-3,6,11,17H,4-5,7-8H2,1H3,(H,15,18). The number of nitrogens with one attached hydrogen (secondary N) is 1. The van der Waals surface area contributed by atoms with Gasteiger partial charge < -0.3 is 20.1 Å². The SMILES string of the molecule is Cc1ccc(NC(=O)N2CCOCC2CO)cc1Cl. The molecule has 2 N–H and O–H groups in total. The topological polar surface area (TPSA) is 61.8 Å². The van der Waals surface area contributed by atoms with Crippen molar-refractivity contribution in [2.75, 3.05) is 31.7 Å². The van der Waals surface area contributed by atoms with Crippen molar-refractivity contribution in [1.82, 2.24) is 4.90 Å². The third kappa shape index (κ3) is 3.37. The van der Waals surface area contributed by atoms with Gasteiger partial charge in [-0.25, -0.2) is 4.79 Å². The highest BCUT2D eigenvalue weighted by atomic mass is 35.5. The molecule has 1 aliphatic rings. The van der Waals surface area contributed by atoms with Crippen molar-refractivity contribution in [3.8, 4) is 0 Å². The quantitative estimate of drug-likeness (QED) is 0.872. The Morgan fingerprint density at radius 3 is 3.11 bits per heavy atom. The number of aliphatic hydroxyl groups is 1. The molecule has 0 aliphatic carbocycles. The van der Waals surface area contributed by atoms with E-state index in [0.29, 0.717) is 30.5 Å². The highest BCUT2D eigenvalue weighted by Crippen LogP contribution is 2.20. The maximum absolute atomic E-state index is 12.1. The van der Waals surface area contributed by atoms with Gasteiger partial charge in [-0.05, 0) is 24.6 Å². The lowest BCUT2D eigenvalue weighted by Crippen LogP contribution is -2.52. The number of urea groups is 1. The molecule has 2 rings (SSSR count). The first kappa shape index (κ1) is 14.1. The Kier molecular flexibility index (Phi) is 4.63. The fourth-order valence-electron chi connectivity index (χ4n) is 1.94. The fourth-order valence-corrected chi connectivity index (χ4v) is 2.12. The zero-order valence-corrected chi connectivity index (χ0v) is 11.5. The Bertz CT molecular complexity index is 467. The van der Waals surface area contributed by atoms with E-state index in [1.165, 1.54) is 0 Å². The van der Waals surface area contributed by atoms with E-state index in [1.54, 1.807) is 17.0 Å². The molecule has 104 valence electrons. The first-order valence-corrected chi connectivity index (χ1v) is 6.52. The van der Waals surface area contributed by atoms with E-state index >= 15 is 0 Å². The average Bonchev–Trinajstić information content (AvgIpc) is 2.43. The van der Waals surface area contributed by atoms with Gasteiger partial charge in [0.25, 0.3) is 0 Å². The van der Waals surface area contributed by atoms with Crippen LogP contribution < -0.4 is 5.32 Å². The van der Waals surface area contributed by atoms with Crippen LogP contribution in [-0.2, 0) is 4.74 Å². The smallest absolute Gasteiger partial charge is 0.322 e. The number of halogens is 1.